The molecule has 0 aliphatic carbocycles. The highest BCUT2D eigenvalue weighted by molar-refractivity contribution is 9.10. The molecule has 1 aliphatic heterocycles. The van der Waals surface area contributed by atoms with E-state index in [4.69, 9.17) is 13.9 Å². The summed E-state index contributed by atoms with van der Waals surface area (Å²) in [5, 5.41) is 3.42. The minimum absolute atomic E-state index is 0.151. The molecule has 1 aromatic heterocycles. The van der Waals surface area contributed by atoms with Crippen molar-refractivity contribution in [2.24, 2.45) is 0 Å². The number of anilines is 1. The van der Waals surface area contributed by atoms with Gasteiger partial charge >= 0.3 is 0 Å². The Morgan fingerprint density at radius 2 is 1.95 bits per heavy atom. The Morgan fingerprint density at radius 3 is 2.63 bits per heavy atom. The average Bonchev–Trinajstić information content (AvgIpc) is 2.93. The normalized spacial score (nSPS) is 15.1. The van der Waals surface area contributed by atoms with Crippen LogP contribution in [0.25, 0.3) is 0 Å². The maximum atomic E-state index is 5.59. The predicted octanol–water partition coefficient (Wildman–Crippen LogP) is 3.99. The third kappa shape index (κ3) is 2.56. The molecule has 19 heavy (non-hydrogen) atoms. The van der Waals surface area contributed by atoms with Gasteiger partial charge in [-0.25, -0.2) is 0 Å². The van der Waals surface area contributed by atoms with Gasteiger partial charge in [-0.15, -0.1) is 0 Å². The molecule has 0 bridgehead atoms. The molecule has 2 heterocycles. The molecule has 2 aromatic rings. The van der Waals surface area contributed by atoms with Crippen molar-refractivity contribution in [2.45, 2.75) is 13.0 Å². The Labute approximate surface area is 119 Å². The molecule has 0 saturated heterocycles. The molecule has 0 saturated carbocycles. The summed E-state index contributed by atoms with van der Waals surface area (Å²) >= 11 is 3.55. The van der Waals surface area contributed by atoms with Gasteiger partial charge in [0.1, 0.15) is 13.2 Å². The fourth-order valence-electron chi connectivity index (χ4n) is 2.01. The van der Waals surface area contributed by atoms with Crippen molar-refractivity contribution in [2.75, 3.05) is 18.5 Å². The molecule has 4 nitrogen and oxygen atoms in total. The topological polar surface area (TPSA) is 43.6 Å². The first-order chi connectivity index (χ1) is 9.24. The number of hydrogen-bond acceptors (Lipinski definition) is 4. The molecule has 3 rings (SSSR count). The first kappa shape index (κ1) is 12.4. The third-order valence-corrected chi connectivity index (χ3v) is 3.70. The fourth-order valence-corrected chi connectivity index (χ4v) is 2.45. The molecule has 100 valence electrons. The summed E-state index contributed by atoms with van der Waals surface area (Å²) in [7, 11) is 0. The second-order valence-electron chi connectivity index (χ2n) is 4.40. The number of rotatable bonds is 3. The van der Waals surface area contributed by atoms with Gasteiger partial charge in [0.25, 0.3) is 0 Å². The van der Waals surface area contributed by atoms with E-state index in [0.717, 1.165) is 27.2 Å². The van der Waals surface area contributed by atoms with Crippen molar-refractivity contribution in [3.8, 4) is 11.5 Å². The number of halogens is 1. The van der Waals surface area contributed by atoms with Gasteiger partial charge < -0.3 is 19.2 Å². The van der Waals surface area contributed by atoms with Crippen molar-refractivity contribution < 1.29 is 13.9 Å². The minimum atomic E-state index is 0.151. The van der Waals surface area contributed by atoms with Gasteiger partial charge in [-0.2, -0.15) is 0 Å². The number of fused-ring (bicyclic) bond motifs is 1. The first-order valence-electron chi connectivity index (χ1n) is 6.12. The van der Waals surface area contributed by atoms with Crippen LogP contribution in [0.15, 0.2) is 39.6 Å². The highest BCUT2D eigenvalue weighted by Crippen LogP contribution is 2.39. The highest BCUT2D eigenvalue weighted by atomic mass is 79.9. The largest absolute Gasteiger partial charge is 0.486 e. The predicted molar refractivity (Wildman–Crippen MR) is 75.9 cm³/mol. The Kier molecular flexibility index (Phi) is 3.38. The third-order valence-electron chi connectivity index (χ3n) is 3.05. The number of hydrogen-bond donors (Lipinski definition) is 1. The van der Waals surface area contributed by atoms with Crippen LogP contribution in [0, 0.1) is 0 Å². The zero-order chi connectivity index (χ0) is 13.2. The quantitative estimate of drug-likeness (QED) is 0.927. The van der Waals surface area contributed by atoms with Crippen LogP contribution >= 0.6 is 15.9 Å². The summed E-state index contributed by atoms with van der Waals surface area (Å²) in [6.07, 6.45) is 3.41. The molecule has 1 atom stereocenters. The molecule has 1 unspecified atom stereocenters. The summed E-state index contributed by atoms with van der Waals surface area (Å²) in [5.41, 5.74) is 2.07. The van der Waals surface area contributed by atoms with Gasteiger partial charge in [-0.05, 0) is 28.9 Å². The fraction of sp³-hybridized carbons (Fsp3) is 0.286. The second-order valence-corrected chi connectivity index (χ2v) is 5.25. The summed E-state index contributed by atoms with van der Waals surface area (Å²) in [6, 6.07) is 5.98. The lowest BCUT2D eigenvalue weighted by atomic mass is 10.1. The van der Waals surface area contributed by atoms with Crippen LogP contribution < -0.4 is 14.8 Å². The van der Waals surface area contributed by atoms with Crippen molar-refractivity contribution in [3.63, 3.8) is 0 Å². The van der Waals surface area contributed by atoms with Gasteiger partial charge in [-0.1, -0.05) is 0 Å². The molecular weight excluding hydrogens is 310 g/mol. The lowest BCUT2D eigenvalue weighted by Gasteiger charge is -2.21. The van der Waals surface area contributed by atoms with Crippen LogP contribution in [-0.2, 0) is 0 Å². The monoisotopic (exact) mass is 323 g/mol. The molecule has 0 radical (unpaired) electrons. The van der Waals surface area contributed by atoms with E-state index >= 15 is 0 Å². The van der Waals surface area contributed by atoms with Gasteiger partial charge in [0.15, 0.2) is 11.5 Å². The number of furan rings is 1. The van der Waals surface area contributed by atoms with E-state index in [9.17, 15) is 0 Å². The van der Waals surface area contributed by atoms with Crippen LogP contribution in [0.2, 0.25) is 0 Å². The summed E-state index contributed by atoms with van der Waals surface area (Å²) in [4.78, 5) is 0. The number of benzene rings is 1. The maximum Gasteiger partial charge on any atom is 0.163 e. The standard InChI is InChI=1S/C14H14BrNO3/c1-9(10-2-3-17-8-10)16-12-7-14-13(6-11(12)15)18-4-5-19-14/h2-3,6-9,16H,4-5H2,1H3. The van der Waals surface area contributed by atoms with Crippen molar-refractivity contribution in [1.29, 1.82) is 0 Å². The van der Waals surface area contributed by atoms with E-state index in [1.165, 1.54) is 0 Å². The van der Waals surface area contributed by atoms with Gasteiger partial charge in [0.05, 0.1) is 24.3 Å². The van der Waals surface area contributed by atoms with E-state index in [1.807, 2.05) is 18.2 Å². The molecule has 1 aliphatic rings. The van der Waals surface area contributed by atoms with Crippen LogP contribution in [0.1, 0.15) is 18.5 Å². The van der Waals surface area contributed by atoms with Crippen LogP contribution in [-0.4, -0.2) is 13.2 Å². The maximum absolute atomic E-state index is 5.59. The molecule has 5 heteroatoms. The Hall–Kier alpha value is -1.62. The van der Waals surface area contributed by atoms with Crippen molar-refractivity contribution in [1.82, 2.24) is 0 Å². The van der Waals surface area contributed by atoms with E-state index in [0.29, 0.717) is 13.2 Å². The van der Waals surface area contributed by atoms with Gasteiger partial charge in [0.2, 0.25) is 0 Å². The average molecular weight is 324 g/mol. The Morgan fingerprint density at radius 1 is 1.21 bits per heavy atom. The lowest BCUT2D eigenvalue weighted by molar-refractivity contribution is 0.171. The highest BCUT2D eigenvalue weighted by Gasteiger charge is 2.16. The molecule has 1 aromatic carbocycles. The Bertz CT molecular complexity index is 568. The first-order valence-corrected chi connectivity index (χ1v) is 6.91. The molecule has 1 N–H and O–H groups in total. The summed E-state index contributed by atoms with van der Waals surface area (Å²) in [5.74, 6) is 1.55. The van der Waals surface area contributed by atoms with E-state index in [1.54, 1.807) is 12.5 Å². The minimum Gasteiger partial charge on any atom is -0.486 e. The van der Waals surface area contributed by atoms with Gasteiger partial charge in [-0.3, -0.25) is 0 Å². The van der Waals surface area contributed by atoms with Crippen LogP contribution in [0.3, 0.4) is 0 Å². The van der Waals surface area contributed by atoms with E-state index < -0.39 is 0 Å². The smallest absolute Gasteiger partial charge is 0.163 e. The second kappa shape index (κ2) is 5.17. The summed E-state index contributed by atoms with van der Waals surface area (Å²) < 4.78 is 17.2. The Balaban J connectivity index is 1.84. The number of ether oxygens (including phenoxy) is 2. The summed E-state index contributed by atoms with van der Waals surface area (Å²) in [6.45, 7) is 3.26. The van der Waals surface area contributed by atoms with Crippen molar-refractivity contribution in [3.05, 3.63) is 40.8 Å². The van der Waals surface area contributed by atoms with Crippen LogP contribution in [0.5, 0.6) is 11.5 Å². The van der Waals surface area contributed by atoms with Crippen molar-refractivity contribution >= 4 is 21.6 Å². The molecule has 0 amide bonds. The van der Waals surface area contributed by atoms with Crippen LogP contribution in [0.4, 0.5) is 5.69 Å². The van der Waals surface area contributed by atoms with E-state index in [2.05, 4.69) is 28.2 Å². The molecule has 0 fully saturated rings. The zero-order valence-electron chi connectivity index (χ0n) is 10.5. The van der Waals surface area contributed by atoms with E-state index in [-0.39, 0.29) is 6.04 Å². The SMILES string of the molecule is CC(Nc1cc2c(cc1Br)OCCO2)c1ccoc1. The lowest BCUT2D eigenvalue weighted by Crippen LogP contribution is -2.16. The van der Waals surface area contributed by atoms with Gasteiger partial charge in [0, 0.05) is 22.2 Å². The zero-order valence-corrected chi connectivity index (χ0v) is 12.1. The number of nitrogens with one attached hydrogen (secondary N) is 1. The molecule has 0 spiro atoms. The molecular formula is C14H14BrNO3.